The van der Waals surface area contributed by atoms with Crippen LogP contribution in [0.2, 0.25) is 0 Å². The van der Waals surface area contributed by atoms with Gasteiger partial charge in [0, 0.05) is 0 Å². The van der Waals surface area contributed by atoms with E-state index in [0.29, 0.717) is 6.54 Å². The fraction of sp³-hybridized carbons (Fsp3) is 0.400. The van der Waals surface area contributed by atoms with E-state index < -0.39 is 11.2 Å². The summed E-state index contributed by atoms with van der Waals surface area (Å²) < 4.78 is 10.3. The molecular formula is C5H7NOS2. The molecule has 0 aliphatic carbocycles. The predicted octanol–water partition coefficient (Wildman–Crippen LogP) is 0.981. The Morgan fingerprint density at radius 3 is 3.00 bits per heavy atom. The van der Waals surface area contributed by atoms with E-state index in [0.717, 1.165) is 0 Å². The van der Waals surface area contributed by atoms with Gasteiger partial charge in [0.25, 0.3) is 0 Å². The first-order chi connectivity index (χ1) is 4.27. The zero-order valence-corrected chi connectivity index (χ0v) is 6.67. The highest BCUT2D eigenvalue weighted by atomic mass is 32.2. The topological polar surface area (TPSA) is 35.4 Å². The van der Waals surface area contributed by atoms with Crippen LogP contribution in [0.25, 0.3) is 0 Å². The molecule has 50 valence electrons. The van der Waals surface area contributed by atoms with Gasteiger partial charge in [0.05, 0.1) is 18.0 Å². The second kappa shape index (κ2) is 5.98. The van der Waals surface area contributed by atoms with Gasteiger partial charge < -0.3 is 4.55 Å². The third-order valence-electron chi connectivity index (χ3n) is 0.549. The Balaban J connectivity index is 3.36. The predicted molar refractivity (Wildman–Crippen MR) is 43.1 cm³/mol. The molecule has 9 heavy (non-hydrogen) atoms. The maximum atomic E-state index is 10.3. The highest BCUT2D eigenvalue weighted by molar-refractivity contribution is 7.93. The molecule has 4 heteroatoms. The SMILES string of the molecule is C[S+]([O-])C=CCN=C=S. The lowest BCUT2D eigenvalue weighted by Crippen LogP contribution is -1.88. The van der Waals surface area contributed by atoms with Crippen LogP contribution in [0.5, 0.6) is 0 Å². The van der Waals surface area contributed by atoms with Gasteiger partial charge in [0.1, 0.15) is 5.41 Å². The highest BCUT2D eigenvalue weighted by Gasteiger charge is 1.82. The van der Waals surface area contributed by atoms with Crippen molar-refractivity contribution >= 4 is 28.6 Å². The average molecular weight is 161 g/mol. The van der Waals surface area contributed by atoms with Crippen molar-refractivity contribution in [3.05, 3.63) is 11.5 Å². The van der Waals surface area contributed by atoms with Crippen LogP contribution in [0, 0.1) is 0 Å². The molecule has 0 spiro atoms. The van der Waals surface area contributed by atoms with Crippen molar-refractivity contribution in [2.24, 2.45) is 4.99 Å². The molecule has 0 aromatic rings. The summed E-state index contributed by atoms with van der Waals surface area (Å²) in [6.07, 6.45) is 3.28. The largest absolute Gasteiger partial charge is 0.612 e. The lowest BCUT2D eigenvalue weighted by atomic mass is 10.7. The quantitative estimate of drug-likeness (QED) is 0.351. The van der Waals surface area contributed by atoms with E-state index in [-0.39, 0.29) is 0 Å². The Kier molecular flexibility index (Phi) is 5.88. The fourth-order valence-corrected chi connectivity index (χ4v) is 0.700. The molecule has 0 aliphatic heterocycles. The minimum atomic E-state index is -0.871. The summed E-state index contributed by atoms with van der Waals surface area (Å²) in [6.45, 7) is 0.475. The van der Waals surface area contributed by atoms with Crippen LogP contribution < -0.4 is 0 Å². The van der Waals surface area contributed by atoms with Crippen LogP contribution >= 0.6 is 12.2 Å². The summed E-state index contributed by atoms with van der Waals surface area (Å²) in [5, 5.41) is 3.77. The number of isothiocyanates is 1. The zero-order chi connectivity index (χ0) is 7.11. The number of thiocarbonyl (C=S) groups is 1. The van der Waals surface area contributed by atoms with Gasteiger partial charge in [-0.1, -0.05) is 0 Å². The van der Waals surface area contributed by atoms with Crippen molar-refractivity contribution in [3.63, 3.8) is 0 Å². The van der Waals surface area contributed by atoms with Gasteiger partial charge in [-0.15, -0.1) is 0 Å². The molecule has 1 unspecified atom stereocenters. The number of hydrogen-bond acceptors (Lipinski definition) is 3. The van der Waals surface area contributed by atoms with Crippen molar-refractivity contribution in [3.8, 4) is 0 Å². The Hall–Kier alpha value is -0.150. The van der Waals surface area contributed by atoms with Crippen molar-refractivity contribution in [1.29, 1.82) is 0 Å². The summed E-state index contributed by atoms with van der Waals surface area (Å²) in [5.74, 6) is 0. The smallest absolute Gasteiger partial charge is 0.114 e. The summed E-state index contributed by atoms with van der Waals surface area (Å²) >= 11 is 3.43. The molecule has 0 radical (unpaired) electrons. The average Bonchev–Trinajstić information content (AvgIpc) is 1.80. The molecule has 0 aliphatic rings. The van der Waals surface area contributed by atoms with Gasteiger partial charge in [-0.05, 0) is 29.5 Å². The molecular weight excluding hydrogens is 154 g/mol. The van der Waals surface area contributed by atoms with E-state index in [1.165, 1.54) is 0 Å². The van der Waals surface area contributed by atoms with Gasteiger partial charge in [-0.3, -0.25) is 0 Å². The molecule has 0 fully saturated rings. The summed E-state index contributed by atoms with van der Waals surface area (Å²) in [7, 11) is 0. The van der Waals surface area contributed by atoms with Gasteiger partial charge in [0.15, 0.2) is 0 Å². The monoisotopic (exact) mass is 161 g/mol. The first-order valence-corrected chi connectivity index (χ1v) is 4.33. The van der Waals surface area contributed by atoms with E-state index >= 15 is 0 Å². The fourth-order valence-electron chi connectivity index (χ4n) is 0.269. The molecule has 0 N–H and O–H groups in total. The van der Waals surface area contributed by atoms with E-state index in [1.54, 1.807) is 17.7 Å². The Labute approximate surface area is 62.9 Å². The van der Waals surface area contributed by atoms with Gasteiger partial charge >= 0.3 is 0 Å². The third kappa shape index (κ3) is 7.85. The second-order valence-electron chi connectivity index (χ2n) is 1.30. The number of nitrogens with zero attached hydrogens (tertiary/aromatic N) is 1. The van der Waals surface area contributed by atoms with E-state index in [1.807, 2.05) is 0 Å². The standard InChI is InChI=1S/C5H7NOS2/c1-9(7)4-2-3-6-5-8/h2,4H,3H2,1H3. The van der Waals surface area contributed by atoms with Gasteiger partial charge in [-0.2, -0.15) is 0 Å². The highest BCUT2D eigenvalue weighted by Crippen LogP contribution is 1.84. The van der Waals surface area contributed by atoms with Crippen molar-refractivity contribution in [1.82, 2.24) is 0 Å². The van der Waals surface area contributed by atoms with E-state index in [4.69, 9.17) is 0 Å². The van der Waals surface area contributed by atoms with Crippen molar-refractivity contribution in [2.45, 2.75) is 0 Å². The van der Waals surface area contributed by atoms with E-state index in [9.17, 15) is 4.55 Å². The molecule has 1 atom stereocenters. The summed E-state index contributed by atoms with van der Waals surface area (Å²) in [4.78, 5) is 3.59. The van der Waals surface area contributed by atoms with Gasteiger partial charge in [-0.25, -0.2) is 4.99 Å². The Bertz CT molecular complexity index is 138. The zero-order valence-electron chi connectivity index (χ0n) is 5.03. The number of aliphatic imine (C=N–C) groups is 1. The first-order valence-electron chi connectivity index (χ1n) is 2.30. The lowest BCUT2D eigenvalue weighted by molar-refractivity contribution is 0.609. The minimum Gasteiger partial charge on any atom is -0.612 e. The minimum absolute atomic E-state index is 0.475. The second-order valence-corrected chi connectivity index (χ2v) is 2.75. The first kappa shape index (κ1) is 8.85. The van der Waals surface area contributed by atoms with Crippen LogP contribution in [0.1, 0.15) is 0 Å². The number of hydrogen-bond donors (Lipinski definition) is 0. The van der Waals surface area contributed by atoms with Crippen LogP contribution in [0.15, 0.2) is 16.5 Å². The maximum Gasteiger partial charge on any atom is 0.114 e. The Morgan fingerprint density at radius 2 is 2.56 bits per heavy atom. The molecule has 0 saturated carbocycles. The molecule has 0 bridgehead atoms. The Morgan fingerprint density at radius 1 is 1.89 bits per heavy atom. The molecule has 0 heterocycles. The lowest BCUT2D eigenvalue weighted by Gasteiger charge is -1.92. The van der Waals surface area contributed by atoms with Crippen molar-refractivity contribution < 1.29 is 4.55 Å². The molecule has 0 aromatic heterocycles. The van der Waals surface area contributed by atoms with Gasteiger partial charge in [0.2, 0.25) is 0 Å². The normalized spacial score (nSPS) is 13.1. The van der Waals surface area contributed by atoms with Crippen LogP contribution in [0.4, 0.5) is 0 Å². The third-order valence-corrected chi connectivity index (χ3v) is 1.25. The van der Waals surface area contributed by atoms with Crippen LogP contribution in [-0.2, 0) is 11.2 Å². The molecule has 0 amide bonds. The number of rotatable bonds is 3. The maximum absolute atomic E-state index is 10.3. The van der Waals surface area contributed by atoms with E-state index in [2.05, 4.69) is 22.4 Å². The molecule has 0 aromatic carbocycles. The van der Waals surface area contributed by atoms with Crippen molar-refractivity contribution in [2.75, 3.05) is 12.8 Å². The molecule has 0 saturated heterocycles. The van der Waals surface area contributed by atoms with Crippen LogP contribution in [-0.4, -0.2) is 22.5 Å². The summed E-state index contributed by atoms with van der Waals surface area (Å²) in [5.41, 5.74) is 0. The van der Waals surface area contributed by atoms with Crippen LogP contribution in [0.3, 0.4) is 0 Å². The summed E-state index contributed by atoms with van der Waals surface area (Å²) in [6, 6.07) is 0. The molecule has 2 nitrogen and oxygen atoms in total. The molecule has 0 rings (SSSR count).